The maximum absolute atomic E-state index is 13.1. The van der Waals surface area contributed by atoms with E-state index in [-0.39, 0.29) is 29.8 Å². The van der Waals surface area contributed by atoms with Crippen molar-refractivity contribution in [1.82, 2.24) is 4.31 Å². The minimum atomic E-state index is -3.69. The second-order valence-corrected chi connectivity index (χ2v) is 11.3. The van der Waals surface area contributed by atoms with Gasteiger partial charge < -0.3 is 5.32 Å². The molecule has 2 heterocycles. The fourth-order valence-electron chi connectivity index (χ4n) is 3.58. The number of nitrogens with zero attached hydrogens (tertiary/aromatic N) is 1. The molecule has 2 aromatic carbocycles. The summed E-state index contributed by atoms with van der Waals surface area (Å²) < 4.78 is 40.1. The lowest BCUT2D eigenvalue weighted by atomic mass is 9.97. The third kappa shape index (κ3) is 5.40. The van der Waals surface area contributed by atoms with Crippen molar-refractivity contribution in [3.8, 4) is 0 Å². The van der Waals surface area contributed by atoms with E-state index in [2.05, 4.69) is 16.8 Å². The van der Waals surface area contributed by atoms with Crippen LogP contribution in [0.5, 0.6) is 0 Å². The zero-order valence-electron chi connectivity index (χ0n) is 17.2. The monoisotopic (exact) mass is 490 g/mol. The van der Waals surface area contributed by atoms with Gasteiger partial charge in [-0.05, 0) is 71.6 Å². The lowest BCUT2D eigenvalue weighted by Gasteiger charge is -2.30. The second-order valence-electron chi connectivity index (χ2n) is 7.54. The number of carbonyl (C=O) groups is 1. The van der Waals surface area contributed by atoms with Crippen molar-refractivity contribution in [3.63, 3.8) is 0 Å². The molecule has 1 fully saturated rings. The Bertz CT molecular complexity index is 1160. The molecule has 0 bridgehead atoms. The lowest BCUT2D eigenvalue weighted by molar-refractivity contribution is -0.120. The van der Waals surface area contributed by atoms with Crippen LogP contribution >= 0.6 is 23.1 Å². The van der Waals surface area contributed by atoms with Crippen LogP contribution in [0.15, 0.2) is 75.1 Å². The van der Waals surface area contributed by atoms with E-state index in [1.807, 2.05) is 29.6 Å². The van der Waals surface area contributed by atoms with Crippen LogP contribution in [0.3, 0.4) is 0 Å². The van der Waals surface area contributed by atoms with Crippen molar-refractivity contribution in [2.45, 2.75) is 28.4 Å². The highest BCUT2D eigenvalue weighted by Crippen LogP contribution is 2.31. The number of anilines is 1. The number of halogens is 1. The van der Waals surface area contributed by atoms with Gasteiger partial charge in [-0.3, -0.25) is 4.79 Å². The number of thioether (sulfide) groups is 1. The summed E-state index contributed by atoms with van der Waals surface area (Å²) in [7, 11) is -3.69. The summed E-state index contributed by atoms with van der Waals surface area (Å²) in [4.78, 5) is 14.0. The maximum Gasteiger partial charge on any atom is 0.243 e. The van der Waals surface area contributed by atoms with Gasteiger partial charge in [0.05, 0.1) is 10.6 Å². The summed E-state index contributed by atoms with van der Waals surface area (Å²) in [6, 6.07) is 14.6. The molecular formula is C23H23FN2O3S3. The Labute approximate surface area is 195 Å². The molecule has 1 aliphatic heterocycles. The van der Waals surface area contributed by atoms with E-state index < -0.39 is 15.8 Å². The number of carbonyl (C=O) groups excluding carboxylic acids is 1. The zero-order valence-corrected chi connectivity index (χ0v) is 19.7. The Morgan fingerprint density at radius 3 is 2.50 bits per heavy atom. The molecule has 0 spiro atoms. The van der Waals surface area contributed by atoms with Crippen LogP contribution in [0.4, 0.5) is 10.1 Å². The third-order valence-corrected chi connectivity index (χ3v) is 9.19. The van der Waals surface area contributed by atoms with Crippen LogP contribution in [0.1, 0.15) is 18.4 Å². The predicted molar refractivity (Wildman–Crippen MR) is 127 cm³/mol. The number of nitrogens with one attached hydrogen (secondary N) is 1. The number of thiophene rings is 1. The number of benzene rings is 2. The molecule has 0 aliphatic carbocycles. The van der Waals surface area contributed by atoms with E-state index >= 15 is 0 Å². The third-order valence-electron chi connectivity index (χ3n) is 5.40. The molecule has 0 radical (unpaired) electrons. The Balaban J connectivity index is 1.35. The fraction of sp³-hybridized carbons (Fsp3) is 0.261. The summed E-state index contributed by atoms with van der Waals surface area (Å²) >= 11 is 3.34. The molecule has 168 valence electrons. The number of sulfonamides is 1. The molecule has 0 saturated carbocycles. The van der Waals surface area contributed by atoms with Crippen LogP contribution in [0.25, 0.3) is 0 Å². The first-order valence-electron chi connectivity index (χ1n) is 10.2. The number of rotatable bonds is 7. The van der Waals surface area contributed by atoms with Gasteiger partial charge in [-0.15, -0.1) is 11.8 Å². The highest BCUT2D eigenvalue weighted by molar-refractivity contribution is 7.98. The van der Waals surface area contributed by atoms with Gasteiger partial charge in [0, 0.05) is 29.7 Å². The van der Waals surface area contributed by atoms with Crippen molar-refractivity contribution in [3.05, 3.63) is 76.7 Å². The van der Waals surface area contributed by atoms with Gasteiger partial charge in [0.25, 0.3) is 0 Å². The van der Waals surface area contributed by atoms with E-state index in [0.29, 0.717) is 12.8 Å². The summed E-state index contributed by atoms with van der Waals surface area (Å²) in [5, 5.41) is 7.20. The van der Waals surface area contributed by atoms with Gasteiger partial charge in [-0.25, -0.2) is 12.8 Å². The van der Waals surface area contributed by atoms with Crippen LogP contribution < -0.4 is 5.32 Å². The van der Waals surface area contributed by atoms with Crippen LogP contribution in [-0.2, 0) is 20.6 Å². The minimum Gasteiger partial charge on any atom is -0.325 e. The van der Waals surface area contributed by atoms with Crippen molar-refractivity contribution in [2.24, 2.45) is 5.92 Å². The molecule has 1 amide bonds. The average molecular weight is 491 g/mol. The first kappa shape index (κ1) is 23.0. The first-order chi connectivity index (χ1) is 15.4. The number of para-hydroxylation sites is 1. The van der Waals surface area contributed by atoms with E-state index in [1.54, 1.807) is 23.1 Å². The molecule has 9 heteroatoms. The zero-order chi connectivity index (χ0) is 22.6. The molecule has 5 nitrogen and oxygen atoms in total. The van der Waals surface area contributed by atoms with Gasteiger partial charge in [-0.1, -0.05) is 12.1 Å². The predicted octanol–water partition coefficient (Wildman–Crippen LogP) is 5.22. The Morgan fingerprint density at radius 2 is 1.81 bits per heavy atom. The Morgan fingerprint density at radius 1 is 1.09 bits per heavy atom. The average Bonchev–Trinajstić information content (AvgIpc) is 3.32. The van der Waals surface area contributed by atoms with Crippen LogP contribution in [0, 0.1) is 11.7 Å². The summed E-state index contributed by atoms with van der Waals surface area (Å²) in [6.07, 6.45) is 0.882. The number of hydrogen-bond donors (Lipinski definition) is 1. The van der Waals surface area contributed by atoms with Gasteiger partial charge in [0.1, 0.15) is 5.82 Å². The molecule has 1 aromatic heterocycles. The molecule has 1 saturated heterocycles. The smallest absolute Gasteiger partial charge is 0.243 e. The topological polar surface area (TPSA) is 66.5 Å². The summed E-state index contributed by atoms with van der Waals surface area (Å²) in [6.45, 7) is 0.513. The van der Waals surface area contributed by atoms with Crippen LogP contribution in [-0.4, -0.2) is 31.7 Å². The van der Waals surface area contributed by atoms with Crippen LogP contribution in [0.2, 0.25) is 0 Å². The molecule has 1 N–H and O–H groups in total. The van der Waals surface area contributed by atoms with E-state index in [1.165, 1.54) is 22.0 Å². The molecule has 32 heavy (non-hydrogen) atoms. The first-order valence-corrected chi connectivity index (χ1v) is 13.6. The Kier molecular flexibility index (Phi) is 7.30. The number of hydrogen-bond acceptors (Lipinski definition) is 5. The van der Waals surface area contributed by atoms with E-state index in [4.69, 9.17) is 0 Å². The van der Waals surface area contributed by atoms with Gasteiger partial charge in [0.2, 0.25) is 15.9 Å². The maximum atomic E-state index is 13.1. The SMILES string of the molecule is O=C(Nc1ccccc1SCc1ccsc1)C1CCN(S(=O)(=O)c2ccc(F)cc2)CC1. The van der Waals surface area contributed by atoms with Gasteiger partial charge >= 0.3 is 0 Å². The summed E-state index contributed by atoms with van der Waals surface area (Å²) in [5.41, 5.74) is 2.02. The molecule has 0 unspecified atom stereocenters. The standard InChI is InChI=1S/C23H23FN2O3S3/c24-19-5-7-20(8-6-19)32(28,29)26-12-9-18(10-13-26)23(27)25-21-3-1-2-4-22(21)31-16-17-11-14-30-15-17/h1-8,11,14-15,18H,9-10,12-13,16H2,(H,25,27). The Hall–Kier alpha value is -2.20. The van der Waals surface area contributed by atoms with Gasteiger partial charge in [-0.2, -0.15) is 15.6 Å². The van der Waals surface area contributed by atoms with Crippen molar-refractivity contribution >= 4 is 44.7 Å². The molecule has 4 rings (SSSR count). The van der Waals surface area contributed by atoms with Crippen molar-refractivity contribution in [2.75, 3.05) is 18.4 Å². The fourth-order valence-corrected chi connectivity index (χ4v) is 6.78. The molecular weight excluding hydrogens is 467 g/mol. The molecule has 3 aromatic rings. The highest BCUT2D eigenvalue weighted by Gasteiger charge is 2.32. The van der Waals surface area contributed by atoms with E-state index in [9.17, 15) is 17.6 Å². The molecule has 0 atom stereocenters. The highest BCUT2D eigenvalue weighted by atomic mass is 32.2. The number of piperidine rings is 1. The quantitative estimate of drug-likeness (QED) is 0.461. The normalized spacial score (nSPS) is 15.5. The summed E-state index contributed by atoms with van der Waals surface area (Å²) in [5.74, 6) is 0.000777. The molecule has 1 aliphatic rings. The van der Waals surface area contributed by atoms with Crippen molar-refractivity contribution < 1.29 is 17.6 Å². The van der Waals surface area contributed by atoms with Gasteiger partial charge in [0.15, 0.2) is 0 Å². The second kappa shape index (κ2) is 10.2. The van der Waals surface area contributed by atoms with E-state index in [0.717, 1.165) is 28.5 Å². The van der Waals surface area contributed by atoms with Crippen molar-refractivity contribution in [1.29, 1.82) is 0 Å². The largest absolute Gasteiger partial charge is 0.325 e. The minimum absolute atomic E-state index is 0.0679. The lowest BCUT2D eigenvalue weighted by Crippen LogP contribution is -2.41. The number of amides is 1.